The number of hydrogen-bond donors (Lipinski definition) is 1. The van der Waals surface area contributed by atoms with Crippen LogP contribution in [0.15, 0.2) is 47.6 Å². The molecule has 8 heteroatoms. The van der Waals surface area contributed by atoms with Crippen molar-refractivity contribution in [1.82, 2.24) is 5.43 Å². The molecule has 2 aromatic rings. The Morgan fingerprint density at radius 3 is 2.32 bits per heavy atom. The predicted molar refractivity (Wildman–Crippen MR) is 86.1 cm³/mol. The Morgan fingerprint density at radius 1 is 1.08 bits per heavy atom. The molecule has 0 radical (unpaired) electrons. The summed E-state index contributed by atoms with van der Waals surface area (Å²) < 4.78 is 47.9. The number of ether oxygens (including phenoxy) is 2. The molecular weight excluding hydrogens is 337 g/mol. The maximum absolute atomic E-state index is 12.5. The molecule has 0 unspecified atom stereocenters. The van der Waals surface area contributed by atoms with Gasteiger partial charge in [0.25, 0.3) is 5.91 Å². The highest BCUT2D eigenvalue weighted by Crippen LogP contribution is 2.30. The average Bonchev–Trinajstić information content (AvgIpc) is 2.60. The summed E-state index contributed by atoms with van der Waals surface area (Å²) in [4.78, 5) is 11.9. The quantitative estimate of drug-likeness (QED) is 0.662. The zero-order valence-electron chi connectivity index (χ0n) is 13.4. The third-order valence-electron chi connectivity index (χ3n) is 3.28. The Hall–Kier alpha value is -3.03. The van der Waals surface area contributed by atoms with Gasteiger partial charge in [-0.05, 0) is 36.4 Å². The van der Waals surface area contributed by atoms with Crippen molar-refractivity contribution in [2.24, 2.45) is 5.10 Å². The maximum Gasteiger partial charge on any atom is 0.416 e. The Morgan fingerprint density at radius 2 is 1.76 bits per heavy atom. The number of nitrogens with zero attached hydrogens (tertiary/aromatic N) is 1. The lowest BCUT2D eigenvalue weighted by Crippen LogP contribution is -2.18. The summed E-state index contributed by atoms with van der Waals surface area (Å²) in [6, 6.07) is 8.97. The number of hydrogen-bond acceptors (Lipinski definition) is 4. The van der Waals surface area contributed by atoms with Gasteiger partial charge in [-0.25, -0.2) is 5.43 Å². The molecule has 0 fully saturated rings. The molecule has 0 saturated carbocycles. The molecule has 25 heavy (non-hydrogen) atoms. The molecule has 0 aromatic heterocycles. The number of alkyl halides is 3. The first-order valence-corrected chi connectivity index (χ1v) is 7.08. The highest BCUT2D eigenvalue weighted by molar-refractivity contribution is 5.95. The van der Waals surface area contributed by atoms with Gasteiger partial charge in [0.15, 0.2) is 11.5 Å². The van der Waals surface area contributed by atoms with Crippen LogP contribution in [-0.4, -0.2) is 26.3 Å². The lowest BCUT2D eigenvalue weighted by Gasteiger charge is -2.09. The molecule has 132 valence electrons. The van der Waals surface area contributed by atoms with Crippen LogP contribution in [0.1, 0.15) is 21.5 Å². The predicted octanol–water partition coefficient (Wildman–Crippen LogP) is 3.49. The van der Waals surface area contributed by atoms with Gasteiger partial charge < -0.3 is 9.47 Å². The van der Waals surface area contributed by atoms with Gasteiger partial charge in [-0.15, -0.1) is 0 Å². The van der Waals surface area contributed by atoms with Crippen molar-refractivity contribution < 1.29 is 27.4 Å². The molecule has 0 aliphatic carbocycles. The number of halogens is 3. The fraction of sp³-hybridized carbons (Fsp3) is 0.176. The van der Waals surface area contributed by atoms with Crippen LogP contribution in [0, 0.1) is 0 Å². The van der Waals surface area contributed by atoms with E-state index in [0.717, 1.165) is 24.3 Å². The molecule has 0 bridgehead atoms. The van der Waals surface area contributed by atoms with Crippen molar-refractivity contribution in [2.45, 2.75) is 6.18 Å². The highest BCUT2D eigenvalue weighted by Gasteiger charge is 2.30. The van der Waals surface area contributed by atoms with Gasteiger partial charge in [0, 0.05) is 11.1 Å². The number of carbonyl (C=O) groups is 1. The number of rotatable bonds is 5. The van der Waals surface area contributed by atoms with Gasteiger partial charge in [0.05, 0.1) is 26.0 Å². The molecule has 0 atom stereocenters. The Labute approximate surface area is 142 Å². The van der Waals surface area contributed by atoms with Gasteiger partial charge in [-0.3, -0.25) is 4.79 Å². The number of hydrazone groups is 1. The molecule has 0 aliphatic rings. The first kappa shape index (κ1) is 18.3. The van der Waals surface area contributed by atoms with Crippen LogP contribution in [0.5, 0.6) is 11.5 Å². The van der Waals surface area contributed by atoms with Gasteiger partial charge in [-0.1, -0.05) is 6.07 Å². The molecule has 1 N–H and O–H groups in total. The minimum Gasteiger partial charge on any atom is -0.493 e. The number of benzene rings is 2. The molecule has 0 heterocycles. The highest BCUT2D eigenvalue weighted by atomic mass is 19.4. The second-order valence-corrected chi connectivity index (χ2v) is 4.86. The van der Waals surface area contributed by atoms with Gasteiger partial charge >= 0.3 is 6.18 Å². The molecule has 0 saturated heterocycles. The number of carbonyl (C=O) groups excluding carboxylic acids is 1. The lowest BCUT2D eigenvalue weighted by molar-refractivity contribution is -0.137. The van der Waals surface area contributed by atoms with E-state index < -0.39 is 17.6 Å². The van der Waals surface area contributed by atoms with E-state index in [0.29, 0.717) is 17.1 Å². The van der Waals surface area contributed by atoms with E-state index in [4.69, 9.17) is 9.47 Å². The maximum atomic E-state index is 12.5. The third-order valence-corrected chi connectivity index (χ3v) is 3.28. The average molecular weight is 352 g/mol. The van der Waals surface area contributed by atoms with Gasteiger partial charge in [0.1, 0.15) is 0 Å². The van der Waals surface area contributed by atoms with Crippen molar-refractivity contribution in [1.29, 1.82) is 0 Å². The van der Waals surface area contributed by atoms with Crippen LogP contribution in [-0.2, 0) is 6.18 Å². The summed E-state index contributed by atoms with van der Waals surface area (Å²) in [7, 11) is 2.96. The number of nitrogens with one attached hydrogen (secondary N) is 1. The van der Waals surface area contributed by atoms with Gasteiger partial charge in [-0.2, -0.15) is 18.3 Å². The first-order valence-electron chi connectivity index (χ1n) is 7.08. The molecule has 0 spiro atoms. The van der Waals surface area contributed by atoms with Crippen molar-refractivity contribution in [3.8, 4) is 11.5 Å². The Bertz CT molecular complexity index is 772. The van der Waals surface area contributed by atoms with E-state index in [2.05, 4.69) is 10.5 Å². The first-order chi connectivity index (χ1) is 11.9. The molecular formula is C17H15F3N2O3. The second kappa shape index (κ2) is 7.69. The summed E-state index contributed by atoms with van der Waals surface area (Å²) in [6.07, 6.45) is -3.10. The number of para-hydroxylation sites is 1. The minimum absolute atomic E-state index is 0.0581. The zero-order chi connectivity index (χ0) is 18.4. The summed E-state index contributed by atoms with van der Waals surface area (Å²) in [5.41, 5.74) is 2.04. The normalized spacial score (nSPS) is 11.4. The summed E-state index contributed by atoms with van der Waals surface area (Å²) in [5, 5.41) is 3.79. The van der Waals surface area contributed by atoms with Crippen LogP contribution in [0.25, 0.3) is 0 Å². The molecule has 5 nitrogen and oxygen atoms in total. The summed E-state index contributed by atoms with van der Waals surface area (Å²) in [5.74, 6) is 0.310. The lowest BCUT2D eigenvalue weighted by atomic mass is 10.1. The molecule has 2 rings (SSSR count). The standard InChI is InChI=1S/C17H15F3N2O3/c1-24-14-5-3-4-12(15(14)25-2)10-21-22-16(23)11-6-8-13(9-7-11)17(18,19)20/h3-10H,1-2H3,(H,22,23). The van der Waals surface area contributed by atoms with E-state index in [1.54, 1.807) is 18.2 Å². The van der Waals surface area contributed by atoms with Crippen molar-refractivity contribution in [2.75, 3.05) is 14.2 Å². The fourth-order valence-electron chi connectivity index (χ4n) is 2.05. The van der Waals surface area contributed by atoms with Gasteiger partial charge in [0.2, 0.25) is 0 Å². The minimum atomic E-state index is -4.45. The van der Waals surface area contributed by atoms with Crippen LogP contribution in [0.2, 0.25) is 0 Å². The van der Waals surface area contributed by atoms with E-state index in [1.807, 2.05) is 0 Å². The number of amides is 1. The van der Waals surface area contributed by atoms with Crippen molar-refractivity contribution in [3.05, 3.63) is 59.2 Å². The van der Waals surface area contributed by atoms with Crippen LogP contribution >= 0.6 is 0 Å². The molecule has 2 aromatic carbocycles. The topological polar surface area (TPSA) is 59.9 Å². The Balaban J connectivity index is 2.08. The van der Waals surface area contributed by atoms with E-state index in [1.165, 1.54) is 20.4 Å². The van der Waals surface area contributed by atoms with Crippen LogP contribution < -0.4 is 14.9 Å². The molecule has 1 amide bonds. The second-order valence-electron chi connectivity index (χ2n) is 4.86. The zero-order valence-corrected chi connectivity index (χ0v) is 13.4. The Kier molecular flexibility index (Phi) is 5.63. The SMILES string of the molecule is COc1cccc(C=NNC(=O)c2ccc(C(F)(F)F)cc2)c1OC. The third kappa shape index (κ3) is 4.50. The van der Waals surface area contributed by atoms with E-state index >= 15 is 0 Å². The smallest absolute Gasteiger partial charge is 0.416 e. The van der Waals surface area contributed by atoms with Crippen LogP contribution in [0.3, 0.4) is 0 Å². The van der Waals surface area contributed by atoms with E-state index in [9.17, 15) is 18.0 Å². The van der Waals surface area contributed by atoms with Crippen LogP contribution in [0.4, 0.5) is 13.2 Å². The van der Waals surface area contributed by atoms with E-state index in [-0.39, 0.29) is 5.56 Å². The fourth-order valence-corrected chi connectivity index (χ4v) is 2.05. The van der Waals surface area contributed by atoms with Crippen molar-refractivity contribution >= 4 is 12.1 Å². The molecule has 0 aliphatic heterocycles. The largest absolute Gasteiger partial charge is 0.493 e. The summed E-state index contributed by atoms with van der Waals surface area (Å²) in [6.45, 7) is 0. The number of methoxy groups -OCH3 is 2. The van der Waals surface area contributed by atoms with Crippen molar-refractivity contribution in [3.63, 3.8) is 0 Å². The monoisotopic (exact) mass is 352 g/mol. The summed E-state index contributed by atoms with van der Waals surface area (Å²) >= 11 is 0.